The van der Waals surface area contributed by atoms with Gasteiger partial charge in [-0.1, -0.05) is 6.07 Å². The van der Waals surface area contributed by atoms with E-state index >= 15 is 0 Å². The van der Waals surface area contributed by atoms with Gasteiger partial charge in [0.1, 0.15) is 0 Å². The van der Waals surface area contributed by atoms with Gasteiger partial charge in [-0.3, -0.25) is 9.59 Å². The molecule has 0 spiro atoms. The summed E-state index contributed by atoms with van der Waals surface area (Å²) in [5, 5.41) is 9.20. The Morgan fingerprint density at radius 3 is 3.00 bits per heavy atom. The SMILES string of the molecule is COC(=O)CCCN1C(=O)CSc2ccc(CO)cc21. The number of carbonyl (C=O) groups excluding carboxylic acids is 2. The van der Waals surface area contributed by atoms with Crippen LogP contribution >= 0.6 is 11.8 Å². The molecule has 0 radical (unpaired) electrons. The van der Waals surface area contributed by atoms with E-state index in [1.54, 1.807) is 4.90 Å². The summed E-state index contributed by atoms with van der Waals surface area (Å²) in [7, 11) is 1.36. The van der Waals surface area contributed by atoms with Gasteiger partial charge >= 0.3 is 5.97 Å². The third-order valence-corrected chi connectivity index (χ3v) is 4.19. The highest BCUT2D eigenvalue weighted by Crippen LogP contribution is 2.36. The lowest BCUT2D eigenvalue weighted by atomic mass is 10.1. The van der Waals surface area contributed by atoms with Crippen LogP contribution in [0.4, 0.5) is 5.69 Å². The standard InChI is InChI=1S/C14H17NO4S/c1-19-14(18)3-2-6-15-11-7-10(8-16)4-5-12(11)20-9-13(15)17/h4-5,7,16H,2-3,6,8-9H2,1H3. The number of fused-ring (bicyclic) bond motifs is 1. The number of aliphatic hydroxyl groups is 1. The number of amides is 1. The van der Waals surface area contributed by atoms with E-state index in [1.165, 1.54) is 18.9 Å². The molecule has 0 aromatic heterocycles. The Morgan fingerprint density at radius 2 is 2.30 bits per heavy atom. The molecule has 1 aromatic carbocycles. The fraction of sp³-hybridized carbons (Fsp3) is 0.429. The molecule has 1 aromatic rings. The third-order valence-electron chi connectivity index (χ3n) is 3.14. The molecule has 1 heterocycles. The molecule has 108 valence electrons. The molecule has 0 aliphatic carbocycles. The van der Waals surface area contributed by atoms with E-state index in [0.717, 1.165) is 16.1 Å². The largest absolute Gasteiger partial charge is 0.469 e. The average molecular weight is 295 g/mol. The summed E-state index contributed by atoms with van der Waals surface area (Å²) in [4.78, 5) is 25.9. The summed E-state index contributed by atoms with van der Waals surface area (Å²) >= 11 is 1.50. The summed E-state index contributed by atoms with van der Waals surface area (Å²) in [6, 6.07) is 5.61. The molecule has 1 aliphatic heterocycles. The lowest BCUT2D eigenvalue weighted by molar-refractivity contribution is -0.140. The molecular weight excluding hydrogens is 278 g/mol. The van der Waals surface area contributed by atoms with Gasteiger partial charge in [0.25, 0.3) is 0 Å². The Balaban J connectivity index is 2.12. The summed E-state index contributed by atoms with van der Waals surface area (Å²) in [5.74, 6) is 0.166. The van der Waals surface area contributed by atoms with E-state index in [2.05, 4.69) is 4.74 Å². The molecule has 20 heavy (non-hydrogen) atoms. The predicted octanol–water partition coefficient (Wildman–Crippen LogP) is 1.57. The van der Waals surface area contributed by atoms with Crippen molar-refractivity contribution in [2.75, 3.05) is 24.3 Å². The zero-order valence-corrected chi connectivity index (χ0v) is 12.1. The first-order valence-corrected chi connectivity index (χ1v) is 7.38. The van der Waals surface area contributed by atoms with Crippen LogP contribution in [0.2, 0.25) is 0 Å². The lowest BCUT2D eigenvalue weighted by Crippen LogP contribution is -2.36. The van der Waals surface area contributed by atoms with Crippen LogP contribution in [0.25, 0.3) is 0 Å². The van der Waals surface area contributed by atoms with E-state index in [4.69, 9.17) is 0 Å². The Labute approximate surface area is 121 Å². The van der Waals surface area contributed by atoms with E-state index < -0.39 is 0 Å². The first-order chi connectivity index (χ1) is 9.65. The molecule has 0 saturated carbocycles. The number of benzene rings is 1. The van der Waals surface area contributed by atoms with Crippen molar-refractivity contribution < 1.29 is 19.4 Å². The fourth-order valence-corrected chi connectivity index (χ4v) is 2.99. The highest BCUT2D eigenvalue weighted by atomic mass is 32.2. The van der Waals surface area contributed by atoms with Gasteiger partial charge in [-0.05, 0) is 24.1 Å². The normalized spacial score (nSPS) is 14.1. The van der Waals surface area contributed by atoms with Crippen molar-refractivity contribution in [3.05, 3.63) is 23.8 Å². The van der Waals surface area contributed by atoms with Crippen molar-refractivity contribution in [1.82, 2.24) is 0 Å². The number of ether oxygens (including phenoxy) is 1. The number of carbonyl (C=O) groups is 2. The zero-order chi connectivity index (χ0) is 14.5. The number of thioether (sulfide) groups is 1. The van der Waals surface area contributed by atoms with E-state index in [1.807, 2.05) is 18.2 Å². The number of rotatable bonds is 5. The summed E-state index contributed by atoms with van der Waals surface area (Å²) < 4.78 is 4.59. The van der Waals surface area contributed by atoms with Crippen molar-refractivity contribution in [1.29, 1.82) is 0 Å². The average Bonchev–Trinajstić information content (AvgIpc) is 2.48. The van der Waals surface area contributed by atoms with Crippen LogP contribution in [-0.2, 0) is 20.9 Å². The van der Waals surface area contributed by atoms with Crippen LogP contribution in [0.5, 0.6) is 0 Å². The summed E-state index contributed by atoms with van der Waals surface area (Å²) in [6.45, 7) is 0.429. The molecule has 0 saturated heterocycles. The van der Waals surface area contributed by atoms with Crippen LogP contribution in [0, 0.1) is 0 Å². The molecule has 1 amide bonds. The zero-order valence-electron chi connectivity index (χ0n) is 11.3. The number of hydrogen-bond acceptors (Lipinski definition) is 5. The summed E-state index contributed by atoms with van der Waals surface area (Å²) in [6.07, 6.45) is 0.855. The van der Waals surface area contributed by atoms with Gasteiger partial charge in [0.05, 0.1) is 25.2 Å². The van der Waals surface area contributed by atoms with Gasteiger partial charge in [0, 0.05) is 17.9 Å². The molecule has 0 fully saturated rings. The molecular formula is C14H17NO4S. The van der Waals surface area contributed by atoms with E-state index in [-0.39, 0.29) is 18.5 Å². The number of aliphatic hydroxyl groups excluding tert-OH is 1. The number of nitrogens with zero attached hydrogens (tertiary/aromatic N) is 1. The van der Waals surface area contributed by atoms with Gasteiger partial charge in [-0.2, -0.15) is 0 Å². The Kier molecular flexibility index (Phi) is 5.03. The van der Waals surface area contributed by atoms with Gasteiger partial charge < -0.3 is 14.7 Å². The molecule has 1 N–H and O–H groups in total. The Morgan fingerprint density at radius 1 is 1.50 bits per heavy atom. The second-order valence-corrected chi connectivity index (χ2v) is 5.49. The van der Waals surface area contributed by atoms with Crippen molar-refractivity contribution >= 4 is 29.3 Å². The van der Waals surface area contributed by atoms with Crippen LogP contribution in [-0.4, -0.2) is 36.4 Å². The fourth-order valence-electron chi connectivity index (χ4n) is 2.07. The molecule has 0 bridgehead atoms. The smallest absolute Gasteiger partial charge is 0.305 e. The van der Waals surface area contributed by atoms with Crippen molar-refractivity contribution in [2.24, 2.45) is 0 Å². The maximum atomic E-state index is 12.0. The molecule has 2 rings (SSSR count). The van der Waals surface area contributed by atoms with Gasteiger partial charge in [0.2, 0.25) is 5.91 Å². The number of hydrogen-bond donors (Lipinski definition) is 1. The van der Waals surface area contributed by atoms with Crippen LogP contribution in [0.3, 0.4) is 0 Å². The molecule has 5 nitrogen and oxygen atoms in total. The molecule has 0 unspecified atom stereocenters. The van der Waals surface area contributed by atoms with Crippen LogP contribution in [0.1, 0.15) is 18.4 Å². The van der Waals surface area contributed by atoms with Gasteiger partial charge in [0.15, 0.2) is 0 Å². The van der Waals surface area contributed by atoms with Gasteiger partial charge in [-0.25, -0.2) is 0 Å². The Bertz CT molecular complexity index is 518. The molecule has 0 atom stereocenters. The van der Waals surface area contributed by atoms with Crippen LogP contribution in [0.15, 0.2) is 23.1 Å². The highest BCUT2D eigenvalue weighted by Gasteiger charge is 2.24. The van der Waals surface area contributed by atoms with Crippen molar-refractivity contribution in [3.63, 3.8) is 0 Å². The second-order valence-electron chi connectivity index (χ2n) is 4.47. The minimum absolute atomic E-state index is 0.0301. The molecule has 6 heteroatoms. The first-order valence-electron chi connectivity index (χ1n) is 6.39. The van der Waals surface area contributed by atoms with Gasteiger partial charge in [-0.15, -0.1) is 11.8 Å². The highest BCUT2D eigenvalue weighted by molar-refractivity contribution is 8.00. The Hall–Kier alpha value is -1.53. The minimum Gasteiger partial charge on any atom is -0.469 e. The third kappa shape index (κ3) is 3.32. The van der Waals surface area contributed by atoms with E-state index in [9.17, 15) is 14.7 Å². The summed E-state index contributed by atoms with van der Waals surface area (Å²) in [5.41, 5.74) is 1.60. The lowest BCUT2D eigenvalue weighted by Gasteiger charge is -2.29. The van der Waals surface area contributed by atoms with Crippen molar-refractivity contribution in [3.8, 4) is 0 Å². The monoisotopic (exact) mass is 295 g/mol. The van der Waals surface area contributed by atoms with Crippen LogP contribution < -0.4 is 4.90 Å². The molecule has 1 aliphatic rings. The topological polar surface area (TPSA) is 66.8 Å². The maximum Gasteiger partial charge on any atom is 0.305 e. The number of anilines is 1. The predicted molar refractivity (Wildman–Crippen MR) is 76.7 cm³/mol. The van der Waals surface area contributed by atoms with E-state index in [0.29, 0.717) is 25.1 Å². The number of esters is 1. The maximum absolute atomic E-state index is 12.0. The second kappa shape index (κ2) is 6.76. The quantitative estimate of drug-likeness (QED) is 0.835. The first kappa shape index (κ1) is 14.9. The minimum atomic E-state index is -0.270. The number of methoxy groups -OCH3 is 1. The van der Waals surface area contributed by atoms with Crippen molar-refractivity contribution in [2.45, 2.75) is 24.3 Å².